The Hall–Kier alpha value is -2.87. The van der Waals surface area contributed by atoms with Crippen LogP contribution in [0.1, 0.15) is 5.56 Å². The van der Waals surface area contributed by atoms with Crippen molar-refractivity contribution in [2.75, 3.05) is 5.75 Å². The van der Waals surface area contributed by atoms with Crippen LogP contribution >= 0.6 is 11.8 Å². The summed E-state index contributed by atoms with van der Waals surface area (Å²) in [7, 11) is 0. The summed E-state index contributed by atoms with van der Waals surface area (Å²) in [6.07, 6.45) is 0. The van der Waals surface area contributed by atoms with Gasteiger partial charge in [-0.3, -0.25) is 9.20 Å². The average Bonchev–Trinajstić information content (AvgIpc) is 3.18. The van der Waals surface area contributed by atoms with Crippen molar-refractivity contribution < 1.29 is 9.18 Å². The maximum Gasteiger partial charge on any atom is 0.231 e. The maximum absolute atomic E-state index is 13.6. The highest BCUT2D eigenvalue weighted by molar-refractivity contribution is 7.99. The molecule has 2 N–H and O–H groups in total. The standard InChI is InChI=1S/C17H14FN5OS/c18-12-6-2-1-5-11(12)9-19-15(24)10-25-17-22-21-16-20-13-7-3-4-8-14(13)23(16)17/h1-8H,9-10H2,(H,19,24)(H,20,21). The minimum atomic E-state index is -0.325. The second-order valence-corrected chi connectivity index (χ2v) is 6.37. The van der Waals surface area contributed by atoms with Gasteiger partial charge in [0.2, 0.25) is 11.7 Å². The van der Waals surface area contributed by atoms with Crippen LogP contribution in [0.5, 0.6) is 0 Å². The zero-order valence-corrected chi connectivity index (χ0v) is 13.9. The third kappa shape index (κ3) is 3.08. The van der Waals surface area contributed by atoms with E-state index in [0.29, 0.717) is 16.5 Å². The minimum Gasteiger partial charge on any atom is -0.351 e. The maximum atomic E-state index is 13.6. The van der Waals surface area contributed by atoms with E-state index in [1.54, 1.807) is 18.2 Å². The largest absolute Gasteiger partial charge is 0.351 e. The molecule has 0 atom stereocenters. The first-order chi connectivity index (χ1) is 12.2. The molecule has 1 amide bonds. The number of thioether (sulfide) groups is 1. The third-order valence-corrected chi connectivity index (χ3v) is 4.71. The number of imidazole rings is 1. The van der Waals surface area contributed by atoms with Crippen LogP contribution in [0.2, 0.25) is 0 Å². The molecule has 0 radical (unpaired) electrons. The lowest BCUT2D eigenvalue weighted by Crippen LogP contribution is -2.25. The Balaban J connectivity index is 1.43. The Kier molecular flexibility index (Phi) is 4.10. The van der Waals surface area contributed by atoms with Crippen LogP contribution in [-0.4, -0.2) is 31.2 Å². The topological polar surface area (TPSA) is 75.1 Å². The molecule has 25 heavy (non-hydrogen) atoms. The fraction of sp³-hybridized carbons (Fsp3) is 0.118. The molecule has 126 valence electrons. The first-order valence-electron chi connectivity index (χ1n) is 7.67. The van der Waals surface area contributed by atoms with Gasteiger partial charge in [-0.15, -0.1) is 5.10 Å². The number of carbonyl (C=O) groups excluding carboxylic acids is 1. The molecule has 2 aromatic carbocycles. The van der Waals surface area contributed by atoms with Gasteiger partial charge in [-0.2, -0.15) is 0 Å². The summed E-state index contributed by atoms with van der Waals surface area (Å²) < 4.78 is 15.4. The molecule has 0 spiro atoms. The molecule has 8 heteroatoms. The first kappa shape index (κ1) is 15.6. The van der Waals surface area contributed by atoms with Crippen LogP contribution in [0.15, 0.2) is 53.7 Å². The van der Waals surface area contributed by atoms with E-state index in [9.17, 15) is 9.18 Å². The van der Waals surface area contributed by atoms with Crippen LogP contribution in [-0.2, 0) is 11.3 Å². The molecule has 0 aliphatic heterocycles. The number of hydrogen-bond donors (Lipinski definition) is 2. The number of para-hydroxylation sites is 2. The van der Waals surface area contributed by atoms with Gasteiger partial charge >= 0.3 is 0 Å². The van der Waals surface area contributed by atoms with Gasteiger partial charge in [0.05, 0.1) is 16.8 Å². The fourth-order valence-electron chi connectivity index (χ4n) is 2.56. The van der Waals surface area contributed by atoms with E-state index < -0.39 is 0 Å². The van der Waals surface area contributed by atoms with E-state index in [0.717, 1.165) is 11.0 Å². The number of amides is 1. The van der Waals surface area contributed by atoms with Gasteiger partial charge in [-0.05, 0) is 18.2 Å². The van der Waals surface area contributed by atoms with Gasteiger partial charge in [0.1, 0.15) is 5.82 Å². The normalized spacial score (nSPS) is 11.2. The quantitative estimate of drug-likeness (QED) is 0.540. The number of benzene rings is 2. The lowest BCUT2D eigenvalue weighted by molar-refractivity contribution is -0.118. The van der Waals surface area contributed by atoms with Crippen molar-refractivity contribution in [1.29, 1.82) is 0 Å². The Morgan fingerprint density at radius 2 is 2.00 bits per heavy atom. The number of rotatable bonds is 5. The van der Waals surface area contributed by atoms with Crippen LogP contribution in [0.4, 0.5) is 4.39 Å². The monoisotopic (exact) mass is 355 g/mol. The van der Waals surface area contributed by atoms with Crippen molar-refractivity contribution in [2.24, 2.45) is 0 Å². The van der Waals surface area contributed by atoms with Gasteiger partial charge in [0.15, 0.2) is 5.16 Å². The van der Waals surface area contributed by atoms with E-state index in [2.05, 4.69) is 20.5 Å². The number of fused-ring (bicyclic) bond motifs is 3. The zero-order valence-electron chi connectivity index (χ0n) is 13.1. The Bertz CT molecular complexity index is 1060. The molecule has 0 saturated heterocycles. The second-order valence-electron chi connectivity index (χ2n) is 5.42. The molecule has 4 rings (SSSR count). The highest BCUT2D eigenvalue weighted by Crippen LogP contribution is 2.22. The highest BCUT2D eigenvalue weighted by atomic mass is 32.2. The molecule has 2 aromatic heterocycles. The predicted octanol–water partition coefficient (Wildman–Crippen LogP) is 2.76. The van der Waals surface area contributed by atoms with Crippen molar-refractivity contribution in [3.05, 3.63) is 59.9 Å². The van der Waals surface area contributed by atoms with Gasteiger partial charge in [0.25, 0.3) is 0 Å². The SMILES string of the molecule is O=C(CSc1n[nH]c2nc3ccccc3n12)NCc1ccccc1F. The predicted molar refractivity (Wildman–Crippen MR) is 93.8 cm³/mol. The Morgan fingerprint density at radius 3 is 2.88 bits per heavy atom. The molecule has 0 saturated carbocycles. The summed E-state index contributed by atoms with van der Waals surface area (Å²) in [5, 5.41) is 10.5. The molecule has 4 aromatic rings. The van der Waals surface area contributed by atoms with Crippen LogP contribution < -0.4 is 5.32 Å². The van der Waals surface area contributed by atoms with Crippen LogP contribution in [0.3, 0.4) is 0 Å². The van der Waals surface area contributed by atoms with E-state index in [1.165, 1.54) is 17.8 Å². The molecule has 6 nitrogen and oxygen atoms in total. The number of aromatic amines is 1. The van der Waals surface area contributed by atoms with Gasteiger partial charge in [-0.25, -0.2) is 14.5 Å². The summed E-state index contributed by atoms with van der Waals surface area (Å²) >= 11 is 1.30. The Morgan fingerprint density at radius 1 is 1.20 bits per heavy atom. The van der Waals surface area contributed by atoms with Crippen LogP contribution in [0.25, 0.3) is 16.8 Å². The number of nitrogens with one attached hydrogen (secondary N) is 2. The molecular formula is C17H14FN5OS. The van der Waals surface area contributed by atoms with Gasteiger partial charge in [-0.1, -0.05) is 42.1 Å². The van der Waals surface area contributed by atoms with E-state index in [4.69, 9.17) is 0 Å². The number of carbonyl (C=O) groups is 1. The highest BCUT2D eigenvalue weighted by Gasteiger charge is 2.13. The minimum absolute atomic E-state index is 0.163. The number of nitrogens with zero attached hydrogens (tertiary/aromatic N) is 3. The number of H-pyrrole nitrogens is 1. The Labute approximate surface area is 146 Å². The molecule has 0 unspecified atom stereocenters. The number of halogens is 1. The number of aromatic nitrogens is 4. The zero-order chi connectivity index (χ0) is 17.2. The first-order valence-corrected chi connectivity index (χ1v) is 8.65. The van der Waals surface area contributed by atoms with Crippen molar-refractivity contribution in [3.63, 3.8) is 0 Å². The van der Waals surface area contributed by atoms with Crippen molar-refractivity contribution in [2.45, 2.75) is 11.7 Å². The number of hydrogen-bond acceptors (Lipinski definition) is 4. The fourth-order valence-corrected chi connectivity index (χ4v) is 3.34. The summed E-state index contributed by atoms with van der Waals surface area (Å²) in [5.74, 6) is 0.305. The van der Waals surface area contributed by atoms with Gasteiger partial charge < -0.3 is 5.32 Å². The van der Waals surface area contributed by atoms with E-state index in [1.807, 2.05) is 28.7 Å². The van der Waals surface area contributed by atoms with Crippen molar-refractivity contribution >= 4 is 34.5 Å². The lowest BCUT2D eigenvalue weighted by atomic mass is 10.2. The van der Waals surface area contributed by atoms with E-state index >= 15 is 0 Å². The average molecular weight is 355 g/mol. The van der Waals surface area contributed by atoms with Crippen LogP contribution in [0, 0.1) is 5.82 Å². The summed E-state index contributed by atoms with van der Waals surface area (Å²) in [6, 6.07) is 14.1. The summed E-state index contributed by atoms with van der Waals surface area (Å²) in [5.41, 5.74) is 2.26. The lowest BCUT2D eigenvalue weighted by Gasteiger charge is -2.05. The second kappa shape index (κ2) is 6.56. The molecule has 0 aliphatic rings. The van der Waals surface area contributed by atoms with Crippen molar-refractivity contribution in [1.82, 2.24) is 24.9 Å². The molecule has 0 aliphatic carbocycles. The van der Waals surface area contributed by atoms with Gasteiger partial charge in [0, 0.05) is 12.1 Å². The molecule has 2 heterocycles. The summed E-state index contributed by atoms with van der Waals surface area (Å²) in [6.45, 7) is 0.163. The van der Waals surface area contributed by atoms with E-state index in [-0.39, 0.29) is 24.0 Å². The molecule has 0 bridgehead atoms. The molecule has 0 fully saturated rings. The summed E-state index contributed by atoms with van der Waals surface area (Å²) in [4.78, 5) is 16.5. The molecular weight excluding hydrogens is 341 g/mol. The third-order valence-electron chi connectivity index (χ3n) is 3.77. The van der Waals surface area contributed by atoms with Crippen molar-refractivity contribution in [3.8, 4) is 0 Å². The smallest absolute Gasteiger partial charge is 0.231 e.